The molecule has 1 nitrogen and oxygen atoms in total. The number of rotatable bonds is 3. The zero-order valence-electron chi connectivity index (χ0n) is 4.17. The molecule has 0 aliphatic carbocycles. The molecule has 0 spiro atoms. The molecule has 7 heavy (non-hydrogen) atoms. The molecule has 1 atom stereocenters. The molecule has 0 saturated carbocycles. The van der Waals surface area contributed by atoms with Crippen LogP contribution < -0.4 is 5.73 Å². The zero-order valence-corrected chi connectivity index (χ0v) is 5.96. The molecule has 0 amide bonds. The van der Waals surface area contributed by atoms with E-state index in [9.17, 15) is 0 Å². The largest absolute Gasteiger partial charge is 0.329 e. The Morgan fingerprint density at radius 1 is 1.57 bits per heavy atom. The summed E-state index contributed by atoms with van der Waals surface area (Å²) in [5.41, 5.74) is 5.25. The molecule has 0 aromatic carbocycles. The first kappa shape index (κ1) is 7.66. The fraction of sp³-hybridized carbons (Fsp3) is 1.00. The van der Waals surface area contributed by atoms with Crippen LogP contribution in [0, 0.1) is 0 Å². The zero-order chi connectivity index (χ0) is 5.70. The third-order valence-corrected chi connectivity index (χ3v) is 1.46. The molecule has 0 rings (SSSR count). The standard InChI is InChI=1S/C4H11NS2/c5-3-4(7)1-2-6/h4,6-7H,1-3,5H2. The summed E-state index contributed by atoms with van der Waals surface area (Å²) in [4.78, 5) is 0. The van der Waals surface area contributed by atoms with Crippen molar-refractivity contribution < 1.29 is 0 Å². The van der Waals surface area contributed by atoms with Gasteiger partial charge in [-0.05, 0) is 12.2 Å². The predicted octanol–water partition coefficient (Wildman–Crippen LogP) is 0.563. The van der Waals surface area contributed by atoms with Gasteiger partial charge in [0.1, 0.15) is 0 Å². The van der Waals surface area contributed by atoms with E-state index in [1.165, 1.54) is 0 Å². The van der Waals surface area contributed by atoms with Crippen LogP contribution in [0.3, 0.4) is 0 Å². The molecule has 1 unspecified atom stereocenters. The van der Waals surface area contributed by atoms with E-state index in [4.69, 9.17) is 5.73 Å². The van der Waals surface area contributed by atoms with Gasteiger partial charge in [0.05, 0.1) is 0 Å². The van der Waals surface area contributed by atoms with E-state index in [0.29, 0.717) is 11.8 Å². The summed E-state index contributed by atoms with van der Waals surface area (Å²) in [6.07, 6.45) is 1.00. The van der Waals surface area contributed by atoms with Gasteiger partial charge in [-0.1, -0.05) is 0 Å². The minimum absolute atomic E-state index is 0.345. The Labute approximate surface area is 55.5 Å². The Hall–Kier alpha value is 0.660. The molecule has 44 valence electrons. The van der Waals surface area contributed by atoms with Crippen LogP contribution in [0.25, 0.3) is 0 Å². The molecule has 0 aliphatic rings. The second-order valence-electron chi connectivity index (χ2n) is 1.40. The van der Waals surface area contributed by atoms with Gasteiger partial charge in [0.2, 0.25) is 0 Å². The number of hydrogen-bond donors (Lipinski definition) is 3. The molecule has 0 fully saturated rings. The van der Waals surface area contributed by atoms with Crippen LogP contribution in [0.15, 0.2) is 0 Å². The summed E-state index contributed by atoms with van der Waals surface area (Å²) >= 11 is 8.15. The van der Waals surface area contributed by atoms with Crippen LogP contribution in [-0.4, -0.2) is 17.5 Å². The molecule has 3 heteroatoms. The lowest BCUT2D eigenvalue weighted by atomic mass is 10.3. The van der Waals surface area contributed by atoms with Crippen molar-refractivity contribution in [1.82, 2.24) is 0 Å². The van der Waals surface area contributed by atoms with Crippen LogP contribution in [0.5, 0.6) is 0 Å². The first-order chi connectivity index (χ1) is 3.31. The van der Waals surface area contributed by atoms with Crippen LogP contribution in [-0.2, 0) is 0 Å². The van der Waals surface area contributed by atoms with Crippen LogP contribution in [0.4, 0.5) is 0 Å². The van der Waals surface area contributed by atoms with Crippen molar-refractivity contribution in [1.29, 1.82) is 0 Å². The first-order valence-corrected chi connectivity index (χ1v) is 3.45. The van der Waals surface area contributed by atoms with Crippen molar-refractivity contribution in [3.63, 3.8) is 0 Å². The Balaban J connectivity index is 2.83. The van der Waals surface area contributed by atoms with Crippen molar-refractivity contribution in [2.75, 3.05) is 12.3 Å². The molecule has 0 bridgehead atoms. The van der Waals surface area contributed by atoms with E-state index in [1.54, 1.807) is 0 Å². The Morgan fingerprint density at radius 2 is 2.14 bits per heavy atom. The molecule has 0 aromatic heterocycles. The summed E-state index contributed by atoms with van der Waals surface area (Å²) in [5.74, 6) is 0.880. The van der Waals surface area contributed by atoms with E-state index in [0.717, 1.165) is 12.2 Å². The molecule has 0 heterocycles. The normalized spacial score (nSPS) is 14.1. The topological polar surface area (TPSA) is 26.0 Å². The number of thiol groups is 2. The van der Waals surface area contributed by atoms with Gasteiger partial charge >= 0.3 is 0 Å². The van der Waals surface area contributed by atoms with E-state index in [1.807, 2.05) is 0 Å². The minimum Gasteiger partial charge on any atom is -0.329 e. The lowest BCUT2D eigenvalue weighted by molar-refractivity contribution is 0.842. The van der Waals surface area contributed by atoms with Crippen LogP contribution >= 0.6 is 25.3 Å². The van der Waals surface area contributed by atoms with E-state index in [2.05, 4.69) is 25.3 Å². The van der Waals surface area contributed by atoms with Gasteiger partial charge in [-0.25, -0.2) is 0 Å². The van der Waals surface area contributed by atoms with Crippen molar-refractivity contribution in [3.05, 3.63) is 0 Å². The third-order valence-electron chi connectivity index (χ3n) is 0.734. The molecular weight excluding hydrogens is 126 g/mol. The molecule has 0 aliphatic heterocycles. The highest BCUT2D eigenvalue weighted by atomic mass is 32.1. The Bertz CT molecular complexity index is 40.7. The van der Waals surface area contributed by atoms with Gasteiger partial charge in [0.15, 0.2) is 0 Å². The second-order valence-corrected chi connectivity index (χ2v) is 2.58. The average molecular weight is 137 g/mol. The SMILES string of the molecule is NCC(S)CCS. The minimum atomic E-state index is 0.345. The summed E-state index contributed by atoms with van der Waals surface area (Å²) in [6, 6.07) is 0. The average Bonchev–Trinajstić information content (AvgIpc) is 1.68. The number of nitrogens with two attached hydrogens (primary N) is 1. The highest BCUT2D eigenvalue weighted by molar-refractivity contribution is 7.81. The van der Waals surface area contributed by atoms with Crippen molar-refractivity contribution >= 4 is 25.3 Å². The first-order valence-electron chi connectivity index (χ1n) is 2.30. The Kier molecular flexibility index (Phi) is 5.26. The van der Waals surface area contributed by atoms with E-state index in [-0.39, 0.29) is 0 Å². The highest BCUT2D eigenvalue weighted by Crippen LogP contribution is 1.98. The fourth-order valence-electron chi connectivity index (χ4n) is 0.267. The monoisotopic (exact) mass is 137 g/mol. The Morgan fingerprint density at radius 3 is 2.29 bits per heavy atom. The maximum Gasteiger partial charge on any atom is 0.0147 e. The van der Waals surface area contributed by atoms with Crippen molar-refractivity contribution in [3.8, 4) is 0 Å². The van der Waals surface area contributed by atoms with Gasteiger partial charge in [-0.15, -0.1) is 0 Å². The summed E-state index contributed by atoms with van der Waals surface area (Å²) in [7, 11) is 0. The second kappa shape index (κ2) is 4.81. The molecule has 0 saturated heterocycles. The molecule has 0 radical (unpaired) electrons. The fourth-order valence-corrected chi connectivity index (χ4v) is 0.911. The number of hydrogen-bond acceptors (Lipinski definition) is 3. The lowest BCUT2D eigenvalue weighted by Crippen LogP contribution is -2.14. The molecule has 2 N–H and O–H groups in total. The molecule has 0 aromatic rings. The van der Waals surface area contributed by atoms with Crippen molar-refractivity contribution in [2.24, 2.45) is 5.73 Å². The maximum atomic E-state index is 5.25. The maximum absolute atomic E-state index is 5.25. The quantitative estimate of drug-likeness (QED) is 0.487. The smallest absolute Gasteiger partial charge is 0.0147 e. The highest BCUT2D eigenvalue weighted by Gasteiger charge is 1.94. The van der Waals surface area contributed by atoms with Gasteiger partial charge in [0.25, 0.3) is 0 Å². The molecular formula is C4H11NS2. The van der Waals surface area contributed by atoms with Crippen LogP contribution in [0.2, 0.25) is 0 Å². The van der Waals surface area contributed by atoms with Gasteiger partial charge < -0.3 is 5.73 Å². The predicted molar refractivity (Wildman–Crippen MR) is 40.3 cm³/mol. The lowest BCUT2D eigenvalue weighted by Gasteiger charge is -2.01. The summed E-state index contributed by atoms with van der Waals surface area (Å²) in [6.45, 7) is 0.656. The van der Waals surface area contributed by atoms with Gasteiger partial charge in [-0.2, -0.15) is 25.3 Å². The third kappa shape index (κ3) is 4.51. The van der Waals surface area contributed by atoms with Crippen LogP contribution in [0.1, 0.15) is 6.42 Å². The van der Waals surface area contributed by atoms with Gasteiger partial charge in [-0.3, -0.25) is 0 Å². The van der Waals surface area contributed by atoms with Crippen molar-refractivity contribution in [2.45, 2.75) is 11.7 Å². The van der Waals surface area contributed by atoms with Gasteiger partial charge in [0, 0.05) is 11.8 Å². The van der Waals surface area contributed by atoms with E-state index < -0.39 is 0 Å². The van der Waals surface area contributed by atoms with E-state index >= 15 is 0 Å². The summed E-state index contributed by atoms with van der Waals surface area (Å²) < 4.78 is 0. The summed E-state index contributed by atoms with van der Waals surface area (Å²) in [5, 5.41) is 0.345.